The van der Waals surface area contributed by atoms with E-state index in [2.05, 4.69) is 10.0 Å². The molecule has 0 bridgehead atoms. The van der Waals surface area contributed by atoms with Gasteiger partial charge in [0.05, 0.1) is 11.9 Å². The SMILES string of the molecule is CC[C@@](C)([NH3+])OCl. The van der Waals surface area contributed by atoms with Gasteiger partial charge in [-0.25, -0.2) is 4.29 Å². The second-order valence-electron chi connectivity index (χ2n) is 1.88. The van der Waals surface area contributed by atoms with Crippen LogP contribution in [0.5, 0.6) is 0 Å². The lowest BCUT2D eigenvalue weighted by atomic mass is 10.2. The highest BCUT2D eigenvalue weighted by Crippen LogP contribution is 2.04. The van der Waals surface area contributed by atoms with E-state index in [0.29, 0.717) is 0 Å². The van der Waals surface area contributed by atoms with Crippen LogP contribution in [0.3, 0.4) is 0 Å². The van der Waals surface area contributed by atoms with E-state index in [0.717, 1.165) is 6.42 Å². The molecule has 7 heavy (non-hydrogen) atoms. The Balaban J connectivity index is 3.36. The zero-order chi connectivity index (χ0) is 5.91. The lowest BCUT2D eigenvalue weighted by Crippen LogP contribution is -2.70. The molecule has 0 fully saturated rings. The molecule has 0 unspecified atom stereocenters. The third-order valence-electron chi connectivity index (χ3n) is 0.934. The van der Waals surface area contributed by atoms with Gasteiger partial charge in [-0.15, -0.1) is 0 Å². The molecule has 0 spiro atoms. The zero-order valence-corrected chi connectivity index (χ0v) is 5.46. The average Bonchev–Trinajstić information content (AvgIpc) is 1.68. The van der Waals surface area contributed by atoms with Crippen LogP contribution in [0.4, 0.5) is 0 Å². The van der Waals surface area contributed by atoms with Crippen molar-refractivity contribution >= 4 is 11.9 Å². The summed E-state index contributed by atoms with van der Waals surface area (Å²) in [5.41, 5.74) is 3.25. The lowest BCUT2D eigenvalue weighted by Gasteiger charge is -2.11. The summed E-state index contributed by atoms with van der Waals surface area (Å²) in [7, 11) is 0. The molecule has 44 valence electrons. The van der Waals surface area contributed by atoms with E-state index < -0.39 is 5.72 Å². The Hall–Kier alpha value is 0.210. The third kappa shape index (κ3) is 2.85. The van der Waals surface area contributed by atoms with Gasteiger partial charge in [0, 0.05) is 13.3 Å². The average molecular weight is 125 g/mol. The first-order chi connectivity index (χ1) is 3.12. The molecule has 0 aliphatic carbocycles. The quantitative estimate of drug-likeness (QED) is 0.536. The maximum atomic E-state index is 5.03. The highest BCUT2D eigenvalue weighted by atomic mass is 35.5. The molecule has 0 radical (unpaired) electrons. The van der Waals surface area contributed by atoms with Crippen molar-refractivity contribution in [3.63, 3.8) is 0 Å². The van der Waals surface area contributed by atoms with Crippen LogP contribution >= 0.6 is 11.9 Å². The smallest absolute Gasteiger partial charge is 0.214 e. The van der Waals surface area contributed by atoms with Crippen LogP contribution in [-0.4, -0.2) is 5.72 Å². The molecule has 0 aromatic rings. The predicted octanol–water partition coefficient (Wildman–Crippen LogP) is 0.525. The summed E-state index contributed by atoms with van der Waals surface area (Å²) in [5.74, 6) is 0. The minimum Gasteiger partial charge on any atom is -0.329 e. The van der Waals surface area contributed by atoms with Crippen molar-refractivity contribution in [2.75, 3.05) is 0 Å². The third-order valence-corrected chi connectivity index (χ3v) is 1.31. The number of halogens is 1. The van der Waals surface area contributed by atoms with Crippen molar-refractivity contribution < 1.29 is 10.0 Å². The Labute approximate surface area is 48.8 Å². The van der Waals surface area contributed by atoms with E-state index in [1.165, 1.54) is 0 Å². The van der Waals surface area contributed by atoms with Crippen molar-refractivity contribution in [1.82, 2.24) is 0 Å². The first-order valence-electron chi connectivity index (χ1n) is 2.27. The van der Waals surface area contributed by atoms with Crippen molar-refractivity contribution in [2.45, 2.75) is 26.0 Å². The summed E-state index contributed by atoms with van der Waals surface area (Å²) in [6, 6.07) is 0. The second kappa shape index (κ2) is 2.50. The minimum atomic E-state index is -0.401. The molecule has 0 saturated carbocycles. The Kier molecular flexibility index (Phi) is 2.58. The zero-order valence-electron chi connectivity index (χ0n) is 4.70. The normalized spacial score (nSPS) is 18.9. The highest BCUT2D eigenvalue weighted by molar-refractivity contribution is 6.07. The first kappa shape index (κ1) is 7.21. The number of rotatable bonds is 2. The summed E-state index contributed by atoms with van der Waals surface area (Å²) in [6.45, 7) is 3.80. The molecular formula is C4H11ClNO+. The van der Waals surface area contributed by atoms with Crippen LogP contribution in [-0.2, 0) is 4.29 Å². The van der Waals surface area contributed by atoms with Gasteiger partial charge in [0.1, 0.15) is 0 Å². The predicted molar refractivity (Wildman–Crippen MR) is 28.5 cm³/mol. The fourth-order valence-corrected chi connectivity index (χ4v) is 0.164. The van der Waals surface area contributed by atoms with Gasteiger partial charge in [-0.1, -0.05) is 6.92 Å². The standard InChI is InChI=1S/C4H10ClNO/c1-3-4(2,6)7-5/h3,6H2,1-2H3/p+1/t4-/m0/s1. The van der Waals surface area contributed by atoms with E-state index in [9.17, 15) is 0 Å². The summed E-state index contributed by atoms with van der Waals surface area (Å²) in [5, 5.41) is 0. The van der Waals surface area contributed by atoms with Crippen molar-refractivity contribution in [1.29, 1.82) is 0 Å². The lowest BCUT2D eigenvalue weighted by molar-refractivity contribution is -0.531. The largest absolute Gasteiger partial charge is 0.329 e. The fourth-order valence-electron chi connectivity index (χ4n) is 0.0546. The summed E-state index contributed by atoms with van der Waals surface area (Å²) < 4.78 is 4.45. The molecule has 0 aromatic heterocycles. The molecule has 0 heterocycles. The topological polar surface area (TPSA) is 36.9 Å². The van der Waals surface area contributed by atoms with Gasteiger partial charge in [0.15, 0.2) is 0 Å². The molecule has 0 saturated heterocycles. The van der Waals surface area contributed by atoms with Crippen LogP contribution in [0, 0.1) is 0 Å². The molecule has 1 atom stereocenters. The number of quaternary nitrogens is 1. The van der Waals surface area contributed by atoms with Gasteiger partial charge in [0.25, 0.3) is 0 Å². The monoisotopic (exact) mass is 124 g/mol. The van der Waals surface area contributed by atoms with E-state index in [-0.39, 0.29) is 0 Å². The van der Waals surface area contributed by atoms with Crippen molar-refractivity contribution in [3.8, 4) is 0 Å². The van der Waals surface area contributed by atoms with E-state index >= 15 is 0 Å². The number of hydrogen-bond acceptors (Lipinski definition) is 1. The van der Waals surface area contributed by atoms with E-state index in [4.69, 9.17) is 11.9 Å². The van der Waals surface area contributed by atoms with Gasteiger partial charge < -0.3 is 5.73 Å². The highest BCUT2D eigenvalue weighted by Gasteiger charge is 2.18. The van der Waals surface area contributed by atoms with Crippen LogP contribution in [0.1, 0.15) is 20.3 Å². The Morgan fingerprint density at radius 2 is 2.29 bits per heavy atom. The van der Waals surface area contributed by atoms with Gasteiger partial charge >= 0.3 is 0 Å². The van der Waals surface area contributed by atoms with Crippen molar-refractivity contribution in [3.05, 3.63) is 0 Å². The molecule has 0 aliphatic heterocycles. The molecule has 0 aromatic carbocycles. The van der Waals surface area contributed by atoms with Crippen molar-refractivity contribution in [2.24, 2.45) is 0 Å². The summed E-state index contributed by atoms with van der Waals surface area (Å²) in [4.78, 5) is 0. The molecule has 3 heteroatoms. The Morgan fingerprint density at radius 1 is 1.86 bits per heavy atom. The molecule has 0 aliphatic rings. The fraction of sp³-hybridized carbons (Fsp3) is 1.00. The van der Waals surface area contributed by atoms with Crippen LogP contribution in [0.15, 0.2) is 0 Å². The van der Waals surface area contributed by atoms with E-state index in [1.54, 1.807) is 0 Å². The molecule has 2 nitrogen and oxygen atoms in total. The molecular weight excluding hydrogens is 114 g/mol. The minimum absolute atomic E-state index is 0.401. The molecule has 3 N–H and O–H groups in total. The number of hydrogen-bond donors (Lipinski definition) is 1. The maximum Gasteiger partial charge on any atom is 0.214 e. The Bertz CT molecular complexity index is 49.7. The van der Waals surface area contributed by atoms with Gasteiger partial charge in [-0.2, -0.15) is 0 Å². The second-order valence-corrected chi connectivity index (χ2v) is 2.03. The van der Waals surface area contributed by atoms with Crippen LogP contribution in [0.25, 0.3) is 0 Å². The van der Waals surface area contributed by atoms with Gasteiger partial charge in [-0.05, 0) is 0 Å². The summed E-state index contributed by atoms with van der Waals surface area (Å²) in [6.07, 6.45) is 0.830. The maximum absolute atomic E-state index is 5.03. The van der Waals surface area contributed by atoms with Gasteiger partial charge in [0.2, 0.25) is 5.72 Å². The van der Waals surface area contributed by atoms with Crippen LogP contribution < -0.4 is 5.73 Å². The molecule has 0 amide bonds. The van der Waals surface area contributed by atoms with E-state index in [1.807, 2.05) is 13.8 Å². The molecule has 0 rings (SSSR count). The first-order valence-corrected chi connectivity index (χ1v) is 2.58. The van der Waals surface area contributed by atoms with Crippen LogP contribution in [0.2, 0.25) is 0 Å². The summed E-state index contributed by atoms with van der Waals surface area (Å²) >= 11 is 5.03. The van der Waals surface area contributed by atoms with Gasteiger partial charge in [-0.3, -0.25) is 0 Å². The Morgan fingerprint density at radius 3 is 2.29 bits per heavy atom.